The first kappa shape index (κ1) is 19.1. The van der Waals surface area contributed by atoms with E-state index in [0.29, 0.717) is 25.3 Å². The van der Waals surface area contributed by atoms with E-state index in [0.717, 1.165) is 12.6 Å². The van der Waals surface area contributed by atoms with Crippen LogP contribution in [0.1, 0.15) is 15.9 Å². The van der Waals surface area contributed by atoms with Crippen molar-refractivity contribution in [3.8, 4) is 0 Å². The van der Waals surface area contributed by atoms with Crippen LogP contribution in [0.4, 0.5) is 4.39 Å². The summed E-state index contributed by atoms with van der Waals surface area (Å²) >= 11 is 5.84. The maximum absolute atomic E-state index is 13.2. The summed E-state index contributed by atoms with van der Waals surface area (Å²) in [6, 6.07) is 2.61. The lowest BCUT2D eigenvalue weighted by molar-refractivity contribution is 0.0953. The number of hydrogen-bond acceptors (Lipinski definition) is 3. The van der Waals surface area contributed by atoms with Gasteiger partial charge in [-0.3, -0.25) is 4.79 Å². The molecule has 114 valence electrons. The van der Waals surface area contributed by atoms with Crippen molar-refractivity contribution in [1.82, 2.24) is 10.6 Å². The molecule has 0 spiro atoms. The summed E-state index contributed by atoms with van der Waals surface area (Å²) < 4.78 is 18.1. The fourth-order valence-corrected chi connectivity index (χ4v) is 1.73. The number of hydrogen-bond donors (Lipinski definition) is 2. The first-order chi connectivity index (χ1) is 9.06. The van der Waals surface area contributed by atoms with E-state index in [-0.39, 0.29) is 28.9 Å². The summed E-state index contributed by atoms with van der Waals surface area (Å²) in [7, 11) is 1.63. The normalized spacial score (nSPS) is 10.0. The van der Waals surface area contributed by atoms with E-state index in [2.05, 4.69) is 10.6 Å². The van der Waals surface area contributed by atoms with Gasteiger partial charge >= 0.3 is 0 Å². The molecule has 0 bridgehead atoms. The Bertz CT molecular complexity index is 445. The predicted octanol–water partition coefficient (Wildman–Crippen LogP) is 2.18. The molecule has 0 saturated carbocycles. The molecule has 0 aromatic heterocycles. The van der Waals surface area contributed by atoms with E-state index in [1.54, 1.807) is 14.0 Å². The molecule has 1 rings (SSSR count). The first-order valence-corrected chi connectivity index (χ1v) is 6.37. The largest absolute Gasteiger partial charge is 0.383 e. The zero-order valence-electron chi connectivity index (χ0n) is 11.5. The van der Waals surface area contributed by atoms with Gasteiger partial charge < -0.3 is 15.4 Å². The van der Waals surface area contributed by atoms with Crippen LogP contribution >= 0.6 is 24.0 Å². The van der Waals surface area contributed by atoms with Gasteiger partial charge in [0, 0.05) is 26.7 Å². The van der Waals surface area contributed by atoms with E-state index >= 15 is 0 Å². The second-order valence-electron chi connectivity index (χ2n) is 4.08. The smallest absolute Gasteiger partial charge is 0.252 e. The molecule has 0 aliphatic rings. The van der Waals surface area contributed by atoms with Crippen molar-refractivity contribution in [1.29, 1.82) is 0 Å². The fourth-order valence-electron chi connectivity index (χ4n) is 1.49. The molecule has 4 nitrogen and oxygen atoms in total. The van der Waals surface area contributed by atoms with Gasteiger partial charge in [-0.2, -0.15) is 0 Å². The number of halogens is 3. The van der Waals surface area contributed by atoms with Gasteiger partial charge in [-0.1, -0.05) is 11.6 Å². The van der Waals surface area contributed by atoms with Crippen molar-refractivity contribution in [2.75, 3.05) is 33.4 Å². The molecule has 0 aliphatic heterocycles. The van der Waals surface area contributed by atoms with Crippen molar-refractivity contribution in [3.05, 3.63) is 34.1 Å². The van der Waals surface area contributed by atoms with E-state index in [1.165, 1.54) is 6.07 Å². The monoisotopic (exact) mass is 324 g/mol. The Kier molecular flexibility index (Phi) is 9.50. The quantitative estimate of drug-likeness (QED) is 0.756. The van der Waals surface area contributed by atoms with Crippen LogP contribution in [0.5, 0.6) is 0 Å². The highest BCUT2D eigenvalue weighted by Gasteiger charge is 2.12. The predicted molar refractivity (Wildman–Crippen MR) is 80.5 cm³/mol. The van der Waals surface area contributed by atoms with Crippen LogP contribution in [0.25, 0.3) is 0 Å². The van der Waals surface area contributed by atoms with Crippen molar-refractivity contribution < 1.29 is 13.9 Å². The zero-order chi connectivity index (χ0) is 14.3. The summed E-state index contributed by atoms with van der Waals surface area (Å²) in [4.78, 5) is 11.8. The zero-order valence-corrected chi connectivity index (χ0v) is 13.0. The molecule has 1 amide bonds. The molecule has 0 fully saturated rings. The third kappa shape index (κ3) is 6.05. The van der Waals surface area contributed by atoms with Crippen LogP contribution in [0, 0.1) is 12.7 Å². The third-order valence-electron chi connectivity index (χ3n) is 2.56. The molecule has 0 atom stereocenters. The highest BCUT2D eigenvalue weighted by molar-refractivity contribution is 6.33. The van der Waals surface area contributed by atoms with Gasteiger partial charge in [0.2, 0.25) is 0 Å². The number of benzene rings is 1. The van der Waals surface area contributed by atoms with Gasteiger partial charge in [0.25, 0.3) is 5.91 Å². The molecule has 0 unspecified atom stereocenters. The van der Waals surface area contributed by atoms with Crippen LogP contribution in [0.2, 0.25) is 5.02 Å². The number of ether oxygens (including phenoxy) is 1. The summed E-state index contributed by atoms with van der Waals surface area (Å²) in [5.41, 5.74) is 0.685. The van der Waals surface area contributed by atoms with Gasteiger partial charge in [-0.25, -0.2) is 4.39 Å². The second kappa shape index (κ2) is 9.94. The van der Waals surface area contributed by atoms with E-state index in [1.807, 2.05) is 0 Å². The maximum atomic E-state index is 13.2. The molecular weight excluding hydrogens is 306 g/mol. The minimum atomic E-state index is -0.414. The van der Waals surface area contributed by atoms with Crippen molar-refractivity contribution in [2.24, 2.45) is 0 Å². The average molecular weight is 325 g/mol. The summed E-state index contributed by atoms with van der Waals surface area (Å²) in [6.07, 6.45) is 0. The molecule has 0 heterocycles. The fraction of sp³-hybridized carbons (Fsp3) is 0.462. The number of carbonyl (C=O) groups excluding carboxylic acids is 1. The Hall–Kier alpha value is -0.880. The number of amides is 1. The van der Waals surface area contributed by atoms with E-state index in [9.17, 15) is 9.18 Å². The number of rotatable bonds is 7. The van der Waals surface area contributed by atoms with Crippen LogP contribution in [-0.4, -0.2) is 39.3 Å². The van der Waals surface area contributed by atoms with Gasteiger partial charge in [-0.05, 0) is 24.6 Å². The van der Waals surface area contributed by atoms with Crippen LogP contribution < -0.4 is 10.6 Å². The first-order valence-electron chi connectivity index (χ1n) is 5.99. The van der Waals surface area contributed by atoms with Gasteiger partial charge in [0.1, 0.15) is 5.82 Å². The lowest BCUT2D eigenvalue weighted by Gasteiger charge is -2.09. The van der Waals surface area contributed by atoms with Crippen molar-refractivity contribution in [2.45, 2.75) is 6.92 Å². The molecule has 20 heavy (non-hydrogen) atoms. The van der Waals surface area contributed by atoms with Crippen LogP contribution in [0.15, 0.2) is 12.1 Å². The molecule has 1 aromatic rings. The third-order valence-corrected chi connectivity index (χ3v) is 2.88. The lowest BCUT2D eigenvalue weighted by atomic mass is 10.1. The standard InChI is InChI=1S/C13H18ClFN2O2.ClH/c1-9-7-10(11(14)8-12(9)15)13(18)17-4-3-16-5-6-19-2;/h7-8,16H,3-6H2,1-2H3,(H,17,18);1H. The van der Waals surface area contributed by atoms with Gasteiger partial charge in [-0.15, -0.1) is 12.4 Å². The number of nitrogens with one attached hydrogen (secondary N) is 2. The summed E-state index contributed by atoms with van der Waals surface area (Å²) in [5, 5.41) is 5.93. The molecule has 1 aromatic carbocycles. The minimum absolute atomic E-state index is 0. The van der Waals surface area contributed by atoms with Gasteiger partial charge in [0.15, 0.2) is 0 Å². The van der Waals surface area contributed by atoms with Crippen molar-refractivity contribution >= 4 is 29.9 Å². The molecule has 7 heteroatoms. The van der Waals surface area contributed by atoms with Gasteiger partial charge in [0.05, 0.1) is 17.2 Å². The molecule has 0 saturated heterocycles. The maximum Gasteiger partial charge on any atom is 0.252 e. The Morgan fingerprint density at radius 3 is 2.70 bits per heavy atom. The van der Waals surface area contributed by atoms with Crippen molar-refractivity contribution in [3.63, 3.8) is 0 Å². The van der Waals surface area contributed by atoms with Crippen LogP contribution in [0.3, 0.4) is 0 Å². The Morgan fingerprint density at radius 1 is 1.35 bits per heavy atom. The molecule has 2 N–H and O–H groups in total. The summed E-state index contributed by atoms with van der Waals surface area (Å²) in [5.74, 6) is -0.718. The highest BCUT2D eigenvalue weighted by Crippen LogP contribution is 2.20. The summed E-state index contributed by atoms with van der Waals surface area (Å²) in [6.45, 7) is 4.04. The number of aryl methyl sites for hydroxylation is 1. The molecule has 0 aliphatic carbocycles. The Balaban J connectivity index is 0.00000361. The Labute approximate surface area is 129 Å². The van der Waals surface area contributed by atoms with E-state index < -0.39 is 5.82 Å². The SMILES string of the molecule is COCCNCCNC(=O)c1cc(C)c(F)cc1Cl.Cl. The highest BCUT2D eigenvalue weighted by atomic mass is 35.5. The topological polar surface area (TPSA) is 50.4 Å². The molecule has 0 radical (unpaired) electrons. The second-order valence-corrected chi connectivity index (χ2v) is 4.49. The molecular formula is C13H19Cl2FN2O2. The van der Waals surface area contributed by atoms with E-state index in [4.69, 9.17) is 16.3 Å². The van der Waals surface area contributed by atoms with Crippen LogP contribution in [-0.2, 0) is 4.74 Å². The Morgan fingerprint density at radius 2 is 2.05 bits per heavy atom. The lowest BCUT2D eigenvalue weighted by Crippen LogP contribution is -2.33. The number of carbonyl (C=O) groups is 1. The number of methoxy groups -OCH3 is 1. The average Bonchev–Trinajstić information content (AvgIpc) is 2.37. The minimum Gasteiger partial charge on any atom is -0.383 e.